The minimum Gasteiger partial charge on any atom is -0.496 e. The van der Waals surface area contributed by atoms with Crippen LogP contribution in [0.15, 0.2) is 23.1 Å². The van der Waals surface area contributed by atoms with E-state index in [4.69, 9.17) is 4.74 Å². The highest BCUT2D eigenvalue weighted by atomic mass is 32.2. The number of hydrogen-bond acceptors (Lipinski definition) is 4. The van der Waals surface area contributed by atoms with Crippen LogP contribution in [0.4, 0.5) is 0 Å². The van der Waals surface area contributed by atoms with Gasteiger partial charge < -0.3 is 10.1 Å². The number of ether oxygens (including phenoxy) is 1. The van der Waals surface area contributed by atoms with Crippen LogP contribution in [-0.2, 0) is 10.0 Å². The molecule has 0 saturated heterocycles. The van der Waals surface area contributed by atoms with E-state index in [1.54, 1.807) is 0 Å². The highest BCUT2D eigenvalue weighted by molar-refractivity contribution is 7.89. The zero-order valence-corrected chi connectivity index (χ0v) is 13.0. The van der Waals surface area contributed by atoms with Crippen LogP contribution < -0.4 is 14.8 Å². The largest absolute Gasteiger partial charge is 0.496 e. The maximum absolute atomic E-state index is 12.4. The summed E-state index contributed by atoms with van der Waals surface area (Å²) < 4.78 is 32.5. The SMILES string of the molecule is CNC(=O)c1cc(S(=O)(=O)NC2CCCC2)ccc1OC. The summed E-state index contributed by atoms with van der Waals surface area (Å²) in [4.78, 5) is 11.9. The fourth-order valence-corrected chi connectivity index (χ4v) is 3.83. The Morgan fingerprint density at radius 2 is 1.95 bits per heavy atom. The predicted octanol–water partition coefficient (Wildman–Crippen LogP) is 1.28. The van der Waals surface area contributed by atoms with Gasteiger partial charge in [-0.15, -0.1) is 0 Å². The second kappa shape index (κ2) is 6.44. The number of carbonyl (C=O) groups is 1. The van der Waals surface area contributed by atoms with Gasteiger partial charge in [0.2, 0.25) is 10.0 Å². The summed E-state index contributed by atoms with van der Waals surface area (Å²) in [6.45, 7) is 0. The summed E-state index contributed by atoms with van der Waals surface area (Å²) in [5, 5.41) is 2.47. The van der Waals surface area contributed by atoms with Gasteiger partial charge in [-0.25, -0.2) is 13.1 Å². The molecule has 1 aliphatic rings. The molecule has 0 radical (unpaired) electrons. The lowest BCUT2D eigenvalue weighted by Crippen LogP contribution is -2.32. The van der Waals surface area contributed by atoms with E-state index in [0.717, 1.165) is 25.7 Å². The summed E-state index contributed by atoms with van der Waals surface area (Å²) in [5.41, 5.74) is 0.203. The van der Waals surface area contributed by atoms with Gasteiger partial charge in [-0.05, 0) is 31.0 Å². The van der Waals surface area contributed by atoms with Crippen LogP contribution in [0.1, 0.15) is 36.0 Å². The molecule has 1 amide bonds. The monoisotopic (exact) mass is 312 g/mol. The first-order valence-electron chi connectivity index (χ1n) is 6.90. The van der Waals surface area contributed by atoms with E-state index in [2.05, 4.69) is 10.0 Å². The summed E-state index contributed by atoms with van der Waals surface area (Å²) in [6.07, 6.45) is 3.80. The number of nitrogens with one attached hydrogen (secondary N) is 2. The Morgan fingerprint density at radius 3 is 2.52 bits per heavy atom. The molecule has 1 aliphatic carbocycles. The molecule has 21 heavy (non-hydrogen) atoms. The van der Waals surface area contributed by atoms with Gasteiger partial charge in [0.1, 0.15) is 5.75 Å². The van der Waals surface area contributed by atoms with Crippen LogP contribution >= 0.6 is 0 Å². The van der Waals surface area contributed by atoms with Crippen molar-refractivity contribution in [2.24, 2.45) is 0 Å². The van der Waals surface area contributed by atoms with Crippen LogP contribution in [0.2, 0.25) is 0 Å². The Labute approximate surface area is 124 Å². The summed E-state index contributed by atoms with van der Waals surface area (Å²) in [5.74, 6) is -0.0427. The van der Waals surface area contributed by atoms with E-state index in [1.807, 2.05) is 0 Å². The van der Waals surface area contributed by atoms with Gasteiger partial charge in [-0.1, -0.05) is 12.8 Å². The number of rotatable bonds is 5. The number of hydrogen-bond donors (Lipinski definition) is 2. The molecule has 0 spiro atoms. The van der Waals surface area contributed by atoms with Crippen LogP contribution in [0.3, 0.4) is 0 Å². The zero-order valence-electron chi connectivity index (χ0n) is 12.2. The molecule has 2 N–H and O–H groups in total. The zero-order chi connectivity index (χ0) is 15.5. The Balaban J connectivity index is 2.32. The molecule has 1 aromatic carbocycles. The molecule has 116 valence electrons. The van der Waals surface area contributed by atoms with Gasteiger partial charge in [0.15, 0.2) is 0 Å². The van der Waals surface area contributed by atoms with Crippen molar-refractivity contribution < 1.29 is 17.9 Å². The highest BCUT2D eigenvalue weighted by Gasteiger charge is 2.24. The van der Waals surface area contributed by atoms with Gasteiger partial charge in [0, 0.05) is 13.1 Å². The van der Waals surface area contributed by atoms with Crippen molar-refractivity contribution in [1.29, 1.82) is 0 Å². The minimum atomic E-state index is -3.62. The Kier molecular flexibility index (Phi) is 4.84. The van der Waals surface area contributed by atoms with Crippen LogP contribution in [-0.4, -0.2) is 34.5 Å². The lowest BCUT2D eigenvalue weighted by Gasteiger charge is -2.14. The van der Waals surface area contributed by atoms with E-state index in [0.29, 0.717) is 5.75 Å². The van der Waals surface area contributed by atoms with Crippen molar-refractivity contribution in [1.82, 2.24) is 10.0 Å². The number of carbonyl (C=O) groups excluding carboxylic acids is 1. The molecule has 0 atom stereocenters. The number of amides is 1. The highest BCUT2D eigenvalue weighted by Crippen LogP contribution is 2.24. The Morgan fingerprint density at radius 1 is 1.29 bits per heavy atom. The standard InChI is InChI=1S/C14H20N2O4S/c1-15-14(17)12-9-11(7-8-13(12)20-2)21(18,19)16-10-5-3-4-6-10/h7-10,16H,3-6H2,1-2H3,(H,15,17). The second-order valence-electron chi connectivity index (χ2n) is 5.04. The molecule has 0 unspecified atom stereocenters. The van der Waals surface area contributed by atoms with Crippen molar-refractivity contribution in [2.45, 2.75) is 36.6 Å². The third-order valence-corrected chi connectivity index (χ3v) is 5.15. The van der Waals surface area contributed by atoms with Crippen molar-refractivity contribution in [2.75, 3.05) is 14.2 Å². The van der Waals surface area contributed by atoms with Gasteiger partial charge >= 0.3 is 0 Å². The van der Waals surface area contributed by atoms with Gasteiger partial charge in [0.05, 0.1) is 17.6 Å². The van der Waals surface area contributed by atoms with E-state index < -0.39 is 10.0 Å². The van der Waals surface area contributed by atoms with E-state index in [-0.39, 0.29) is 22.4 Å². The molecule has 7 heteroatoms. The molecule has 1 saturated carbocycles. The molecule has 0 aromatic heterocycles. The third-order valence-electron chi connectivity index (χ3n) is 3.63. The summed E-state index contributed by atoms with van der Waals surface area (Å²) >= 11 is 0. The van der Waals surface area contributed by atoms with Crippen molar-refractivity contribution in [3.05, 3.63) is 23.8 Å². The topological polar surface area (TPSA) is 84.5 Å². The lowest BCUT2D eigenvalue weighted by atomic mass is 10.2. The summed E-state index contributed by atoms with van der Waals surface area (Å²) in [6, 6.07) is 4.27. The fourth-order valence-electron chi connectivity index (χ4n) is 2.50. The maximum Gasteiger partial charge on any atom is 0.254 e. The lowest BCUT2D eigenvalue weighted by molar-refractivity contribution is 0.0960. The van der Waals surface area contributed by atoms with Gasteiger partial charge in [-0.2, -0.15) is 0 Å². The normalized spacial score (nSPS) is 15.9. The van der Waals surface area contributed by atoms with Gasteiger partial charge in [0.25, 0.3) is 5.91 Å². The number of benzene rings is 1. The first-order chi connectivity index (χ1) is 9.97. The van der Waals surface area contributed by atoms with E-state index in [1.165, 1.54) is 32.4 Å². The van der Waals surface area contributed by atoms with E-state index in [9.17, 15) is 13.2 Å². The smallest absolute Gasteiger partial charge is 0.254 e. The molecule has 0 bridgehead atoms. The molecular weight excluding hydrogens is 292 g/mol. The second-order valence-corrected chi connectivity index (χ2v) is 6.76. The average molecular weight is 312 g/mol. The minimum absolute atomic E-state index is 0.0134. The Hall–Kier alpha value is -1.60. The average Bonchev–Trinajstić information content (AvgIpc) is 2.97. The van der Waals surface area contributed by atoms with Crippen LogP contribution in [0.5, 0.6) is 5.75 Å². The van der Waals surface area contributed by atoms with Crippen molar-refractivity contribution in [3.8, 4) is 5.75 Å². The molecule has 2 rings (SSSR count). The van der Waals surface area contributed by atoms with Crippen LogP contribution in [0.25, 0.3) is 0 Å². The predicted molar refractivity (Wildman–Crippen MR) is 79.0 cm³/mol. The third kappa shape index (κ3) is 3.54. The molecule has 6 nitrogen and oxygen atoms in total. The first-order valence-corrected chi connectivity index (χ1v) is 8.38. The molecule has 1 aromatic rings. The Bertz CT molecular complexity index is 622. The van der Waals surface area contributed by atoms with Crippen molar-refractivity contribution >= 4 is 15.9 Å². The molecular formula is C14H20N2O4S. The van der Waals surface area contributed by atoms with Crippen molar-refractivity contribution in [3.63, 3.8) is 0 Å². The molecule has 0 aliphatic heterocycles. The quantitative estimate of drug-likeness (QED) is 0.857. The molecule has 0 heterocycles. The fraction of sp³-hybridized carbons (Fsp3) is 0.500. The van der Waals surface area contributed by atoms with Crippen LogP contribution in [0, 0.1) is 0 Å². The number of sulfonamides is 1. The first kappa shape index (κ1) is 15.8. The maximum atomic E-state index is 12.4. The molecule has 1 fully saturated rings. The summed E-state index contributed by atoms with van der Waals surface area (Å²) in [7, 11) is -0.695. The van der Waals surface area contributed by atoms with E-state index >= 15 is 0 Å². The van der Waals surface area contributed by atoms with Gasteiger partial charge in [-0.3, -0.25) is 4.79 Å². The number of methoxy groups -OCH3 is 1.